The van der Waals surface area contributed by atoms with E-state index in [2.05, 4.69) is 23.3 Å². The minimum Gasteiger partial charge on any atom is -0.342 e. The predicted octanol–water partition coefficient (Wildman–Crippen LogP) is 1.35. The molecule has 0 saturated heterocycles. The zero-order chi connectivity index (χ0) is 13.0. The number of pyridine rings is 1. The van der Waals surface area contributed by atoms with Gasteiger partial charge in [0, 0.05) is 25.8 Å². The van der Waals surface area contributed by atoms with Crippen LogP contribution in [0.25, 0.3) is 0 Å². The third-order valence-corrected chi connectivity index (χ3v) is 3.42. The number of hydrogen-bond donors (Lipinski definition) is 1. The lowest BCUT2D eigenvalue weighted by Gasteiger charge is -2.16. The van der Waals surface area contributed by atoms with Crippen LogP contribution in [0, 0.1) is 0 Å². The van der Waals surface area contributed by atoms with Crippen LogP contribution in [0.4, 0.5) is 0 Å². The van der Waals surface area contributed by atoms with Crippen molar-refractivity contribution in [3.63, 3.8) is 0 Å². The van der Waals surface area contributed by atoms with E-state index in [0.29, 0.717) is 19.1 Å². The molecule has 1 saturated carbocycles. The van der Waals surface area contributed by atoms with Crippen molar-refractivity contribution in [1.82, 2.24) is 15.2 Å². The monoisotopic (exact) mass is 247 g/mol. The van der Waals surface area contributed by atoms with Gasteiger partial charge < -0.3 is 10.2 Å². The summed E-state index contributed by atoms with van der Waals surface area (Å²) >= 11 is 0. The van der Waals surface area contributed by atoms with Crippen molar-refractivity contribution in [2.24, 2.45) is 0 Å². The molecule has 1 aliphatic rings. The summed E-state index contributed by atoms with van der Waals surface area (Å²) in [4.78, 5) is 18.0. The topological polar surface area (TPSA) is 45.2 Å². The van der Waals surface area contributed by atoms with Crippen LogP contribution >= 0.6 is 0 Å². The molecule has 4 heteroatoms. The summed E-state index contributed by atoms with van der Waals surface area (Å²) in [6.45, 7) is 3.17. The SMILES string of the molecule is CCc1cccnc1CNCC(=O)N(C)C1CC1. The summed E-state index contributed by atoms with van der Waals surface area (Å²) < 4.78 is 0. The van der Waals surface area contributed by atoms with Crippen molar-refractivity contribution >= 4 is 5.91 Å². The standard InChI is InChI=1S/C14H21N3O/c1-3-11-5-4-8-16-13(11)9-15-10-14(18)17(2)12-6-7-12/h4-5,8,12,15H,3,6-7,9-10H2,1-2H3. The number of rotatable bonds is 6. The van der Waals surface area contributed by atoms with Gasteiger partial charge in [-0.2, -0.15) is 0 Å². The number of aryl methyl sites for hydroxylation is 1. The van der Waals surface area contributed by atoms with E-state index in [9.17, 15) is 4.79 Å². The average Bonchev–Trinajstić information content (AvgIpc) is 3.22. The number of hydrogen-bond acceptors (Lipinski definition) is 3. The molecule has 18 heavy (non-hydrogen) atoms. The second-order valence-corrected chi connectivity index (χ2v) is 4.80. The maximum Gasteiger partial charge on any atom is 0.236 e. The molecule has 1 amide bonds. The molecular weight excluding hydrogens is 226 g/mol. The highest BCUT2D eigenvalue weighted by Gasteiger charge is 2.28. The molecule has 0 unspecified atom stereocenters. The molecule has 2 rings (SSSR count). The maximum atomic E-state index is 11.8. The molecule has 0 bridgehead atoms. The van der Waals surface area contributed by atoms with Gasteiger partial charge in [-0.25, -0.2) is 0 Å². The van der Waals surface area contributed by atoms with E-state index >= 15 is 0 Å². The Morgan fingerprint density at radius 3 is 3.00 bits per heavy atom. The van der Waals surface area contributed by atoms with Gasteiger partial charge in [0.1, 0.15) is 0 Å². The minimum atomic E-state index is 0.173. The van der Waals surface area contributed by atoms with Crippen LogP contribution in [0.1, 0.15) is 31.0 Å². The van der Waals surface area contributed by atoms with E-state index in [0.717, 1.165) is 25.0 Å². The number of aromatic nitrogens is 1. The molecule has 0 atom stereocenters. The second kappa shape index (κ2) is 5.96. The first-order valence-corrected chi connectivity index (χ1v) is 6.61. The summed E-state index contributed by atoms with van der Waals surface area (Å²) in [7, 11) is 1.89. The van der Waals surface area contributed by atoms with Gasteiger partial charge in [0.2, 0.25) is 5.91 Å². The van der Waals surface area contributed by atoms with Crippen LogP contribution < -0.4 is 5.32 Å². The van der Waals surface area contributed by atoms with Gasteiger partial charge >= 0.3 is 0 Å². The number of carbonyl (C=O) groups is 1. The molecule has 98 valence electrons. The van der Waals surface area contributed by atoms with Gasteiger partial charge in [-0.15, -0.1) is 0 Å². The van der Waals surface area contributed by atoms with Gasteiger partial charge in [-0.1, -0.05) is 13.0 Å². The Bertz CT molecular complexity index is 415. The fourth-order valence-electron chi connectivity index (χ4n) is 2.03. The van der Waals surface area contributed by atoms with Crippen LogP contribution in [0.2, 0.25) is 0 Å². The summed E-state index contributed by atoms with van der Waals surface area (Å²) in [5.41, 5.74) is 2.29. The van der Waals surface area contributed by atoms with E-state index in [1.807, 2.05) is 18.0 Å². The lowest BCUT2D eigenvalue weighted by molar-refractivity contribution is -0.129. The normalized spacial score (nSPS) is 14.6. The van der Waals surface area contributed by atoms with E-state index in [1.165, 1.54) is 5.56 Å². The third-order valence-electron chi connectivity index (χ3n) is 3.42. The first kappa shape index (κ1) is 13.0. The molecule has 1 heterocycles. The van der Waals surface area contributed by atoms with Crippen molar-refractivity contribution in [2.75, 3.05) is 13.6 Å². The largest absolute Gasteiger partial charge is 0.342 e. The molecule has 1 aliphatic carbocycles. The quantitative estimate of drug-likeness (QED) is 0.825. The van der Waals surface area contributed by atoms with Gasteiger partial charge in [0.05, 0.1) is 12.2 Å². The Morgan fingerprint density at radius 2 is 2.33 bits per heavy atom. The van der Waals surface area contributed by atoms with Crippen molar-refractivity contribution in [3.05, 3.63) is 29.6 Å². The van der Waals surface area contributed by atoms with Crippen molar-refractivity contribution in [2.45, 2.75) is 38.8 Å². The van der Waals surface area contributed by atoms with Gasteiger partial charge in [0.25, 0.3) is 0 Å². The van der Waals surface area contributed by atoms with Crippen LogP contribution in [0.5, 0.6) is 0 Å². The van der Waals surface area contributed by atoms with Gasteiger partial charge in [-0.3, -0.25) is 9.78 Å². The van der Waals surface area contributed by atoms with Crippen LogP contribution in [0.3, 0.4) is 0 Å². The second-order valence-electron chi connectivity index (χ2n) is 4.80. The zero-order valence-electron chi connectivity index (χ0n) is 11.1. The lowest BCUT2D eigenvalue weighted by Crippen LogP contribution is -2.36. The van der Waals surface area contributed by atoms with Gasteiger partial charge in [0.15, 0.2) is 0 Å². The molecule has 1 aromatic rings. The molecule has 1 fully saturated rings. The van der Waals surface area contributed by atoms with E-state index in [4.69, 9.17) is 0 Å². The Morgan fingerprint density at radius 1 is 1.56 bits per heavy atom. The van der Waals surface area contributed by atoms with Crippen molar-refractivity contribution < 1.29 is 4.79 Å². The number of amides is 1. The molecular formula is C14H21N3O. The fourth-order valence-corrected chi connectivity index (χ4v) is 2.03. The molecule has 1 aromatic heterocycles. The third kappa shape index (κ3) is 3.29. The van der Waals surface area contributed by atoms with E-state index in [1.54, 1.807) is 6.20 Å². The first-order valence-electron chi connectivity index (χ1n) is 6.61. The highest BCUT2D eigenvalue weighted by molar-refractivity contribution is 5.78. The average molecular weight is 247 g/mol. The van der Waals surface area contributed by atoms with Crippen LogP contribution in [-0.2, 0) is 17.8 Å². The number of carbonyl (C=O) groups excluding carboxylic acids is 1. The molecule has 4 nitrogen and oxygen atoms in total. The highest BCUT2D eigenvalue weighted by atomic mass is 16.2. The highest BCUT2D eigenvalue weighted by Crippen LogP contribution is 2.25. The molecule has 0 aromatic carbocycles. The Balaban J connectivity index is 1.79. The van der Waals surface area contributed by atoms with Crippen molar-refractivity contribution in [1.29, 1.82) is 0 Å². The number of likely N-dealkylation sites (N-methyl/N-ethyl adjacent to an activating group) is 1. The lowest BCUT2D eigenvalue weighted by atomic mass is 10.1. The number of nitrogens with one attached hydrogen (secondary N) is 1. The number of nitrogens with zero attached hydrogens (tertiary/aromatic N) is 2. The smallest absolute Gasteiger partial charge is 0.236 e. The Hall–Kier alpha value is -1.42. The Kier molecular flexibility index (Phi) is 4.31. The predicted molar refractivity (Wildman–Crippen MR) is 71.1 cm³/mol. The minimum absolute atomic E-state index is 0.173. The summed E-state index contributed by atoms with van der Waals surface area (Å²) in [6.07, 6.45) is 5.08. The van der Waals surface area contributed by atoms with Gasteiger partial charge in [-0.05, 0) is 30.9 Å². The summed E-state index contributed by atoms with van der Waals surface area (Å²) in [5.74, 6) is 0.173. The van der Waals surface area contributed by atoms with Crippen molar-refractivity contribution in [3.8, 4) is 0 Å². The van der Waals surface area contributed by atoms with E-state index in [-0.39, 0.29) is 5.91 Å². The zero-order valence-corrected chi connectivity index (χ0v) is 11.1. The molecule has 1 N–H and O–H groups in total. The summed E-state index contributed by atoms with van der Waals surface area (Å²) in [6, 6.07) is 4.52. The Labute approximate surface area is 108 Å². The molecule has 0 spiro atoms. The van der Waals surface area contributed by atoms with Crippen LogP contribution in [-0.4, -0.2) is 35.4 Å². The maximum absolute atomic E-state index is 11.8. The fraction of sp³-hybridized carbons (Fsp3) is 0.571. The summed E-state index contributed by atoms with van der Waals surface area (Å²) in [5, 5.41) is 3.19. The molecule has 0 aliphatic heterocycles. The van der Waals surface area contributed by atoms with E-state index < -0.39 is 0 Å². The molecule has 0 radical (unpaired) electrons. The van der Waals surface area contributed by atoms with Crippen LogP contribution in [0.15, 0.2) is 18.3 Å². The first-order chi connectivity index (χ1) is 8.72.